The van der Waals surface area contributed by atoms with Gasteiger partial charge in [-0.05, 0) is 18.9 Å². The summed E-state index contributed by atoms with van der Waals surface area (Å²) in [7, 11) is 0. The second kappa shape index (κ2) is 4.58. The van der Waals surface area contributed by atoms with Crippen molar-refractivity contribution in [3.63, 3.8) is 0 Å². The van der Waals surface area contributed by atoms with Crippen LogP contribution >= 0.6 is 0 Å². The van der Waals surface area contributed by atoms with Gasteiger partial charge >= 0.3 is 5.97 Å². The Hall–Kier alpha value is -0.610. The standard InChI is InChI=1S/C9H18N2O2/c1-2-7-3-4-11(6-7)8(5-10)9(12)13/h7-8H,2-6,10H2,1H3,(H,12,13). The predicted octanol–water partition coefficient (Wildman–Crippen LogP) is 0.130. The lowest BCUT2D eigenvalue weighted by Gasteiger charge is -2.22. The molecule has 0 aromatic carbocycles. The average Bonchev–Trinajstić information content (AvgIpc) is 2.53. The summed E-state index contributed by atoms with van der Waals surface area (Å²) in [5.41, 5.74) is 5.42. The van der Waals surface area contributed by atoms with Gasteiger partial charge in [-0.3, -0.25) is 9.69 Å². The van der Waals surface area contributed by atoms with E-state index in [1.165, 1.54) is 0 Å². The summed E-state index contributed by atoms with van der Waals surface area (Å²) in [6.45, 7) is 4.13. The molecule has 13 heavy (non-hydrogen) atoms. The molecule has 0 radical (unpaired) electrons. The molecule has 2 atom stereocenters. The first-order valence-electron chi connectivity index (χ1n) is 4.86. The molecular formula is C9H18N2O2. The van der Waals surface area contributed by atoms with Gasteiger partial charge in [0, 0.05) is 13.1 Å². The zero-order valence-electron chi connectivity index (χ0n) is 8.07. The summed E-state index contributed by atoms with van der Waals surface area (Å²) < 4.78 is 0. The van der Waals surface area contributed by atoms with E-state index in [9.17, 15) is 4.79 Å². The molecule has 0 aromatic heterocycles. The summed E-state index contributed by atoms with van der Waals surface area (Å²) in [4.78, 5) is 12.8. The molecular weight excluding hydrogens is 168 g/mol. The van der Waals surface area contributed by atoms with Crippen molar-refractivity contribution in [1.29, 1.82) is 0 Å². The average molecular weight is 186 g/mol. The maximum atomic E-state index is 10.8. The lowest BCUT2D eigenvalue weighted by Crippen LogP contribution is -2.44. The summed E-state index contributed by atoms with van der Waals surface area (Å²) in [5, 5.41) is 8.87. The number of carbonyl (C=O) groups is 1. The van der Waals surface area contributed by atoms with E-state index in [1.807, 2.05) is 4.90 Å². The molecule has 0 spiro atoms. The minimum atomic E-state index is -0.792. The van der Waals surface area contributed by atoms with Gasteiger partial charge in [0.05, 0.1) is 0 Å². The number of rotatable bonds is 4. The lowest BCUT2D eigenvalue weighted by molar-refractivity contribution is -0.142. The predicted molar refractivity (Wildman–Crippen MR) is 50.4 cm³/mol. The Morgan fingerprint density at radius 3 is 2.85 bits per heavy atom. The molecule has 4 nitrogen and oxygen atoms in total. The van der Waals surface area contributed by atoms with Gasteiger partial charge in [-0.1, -0.05) is 13.3 Å². The van der Waals surface area contributed by atoms with Gasteiger partial charge in [-0.25, -0.2) is 0 Å². The van der Waals surface area contributed by atoms with Gasteiger partial charge in [0.1, 0.15) is 6.04 Å². The Morgan fingerprint density at radius 1 is 1.77 bits per heavy atom. The Balaban J connectivity index is 2.48. The van der Waals surface area contributed by atoms with Gasteiger partial charge < -0.3 is 10.8 Å². The molecule has 1 fully saturated rings. The molecule has 1 rings (SSSR count). The van der Waals surface area contributed by atoms with E-state index in [0.29, 0.717) is 5.92 Å². The quantitative estimate of drug-likeness (QED) is 0.655. The van der Waals surface area contributed by atoms with Crippen LogP contribution < -0.4 is 5.73 Å². The Kier molecular flexibility index (Phi) is 3.69. The van der Waals surface area contributed by atoms with Gasteiger partial charge in [0.2, 0.25) is 0 Å². The topological polar surface area (TPSA) is 66.6 Å². The molecule has 1 aliphatic rings. The molecule has 0 aromatic rings. The fraction of sp³-hybridized carbons (Fsp3) is 0.889. The Bertz CT molecular complexity index is 184. The number of nitrogens with two attached hydrogens (primary N) is 1. The van der Waals surface area contributed by atoms with Crippen LogP contribution in [0, 0.1) is 5.92 Å². The van der Waals surface area contributed by atoms with E-state index >= 15 is 0 Å². The summed E-state index contributed by atoms with van der Waals surface area (Å²) in [5.74, 6) is -0.132. The second-order valence-corrected chi connectivity index (χ2v) is 3.65. The molecule has 1 heterocycles. The summed E-state index contributed by atoms with van der Waals surface area (Å²) in [6, 6.07) is -0.475. The summed E-state index contributed by atoms with van der Waals surface area (Å²) in [6.07, 6.45) is 2.24. The molecule has 2 unspecified atom stereocenters. The first kappa shape index (κ1) is 10.5. The van der Waals surface area contributed by atoms with Gasteiger partial charge in [0.15, 0.2) is 0 Å². The highest BCUT2D eigenvalue weighted by Gasteiger charge is 2.30. The van der Waals surface area contributed by atoms with E-state index in [2.05, 4.69) is 6.92 Å². The second-order valence-electron chi connectivity index (χ2n) is 3.65. The number of hydrogen-bond acceptors (Lipinski definition) is 3. The number of nitrogens with zero attached hydrogens (tertiary/aromatic N) is 1. The maximum Gasteiger partial charge on any atom is 0.322 e. The van der Waals surface area contributed by atoms with Crippen LogP contribution in [0.2, 0.25) is 0 Å². The van der Waals surface area contributed by atoms with Crippen molar-refractivity contribution < 1.29 is 9.90 Å². The number of carboxylic acids is 1. The van der Waals surface area contributed by atoms with E-state index in [0.717, 1.165) is 25.9 Å². The lowest BCUT2D eigenvalue weighted by atomic mass is 10.1. The van der Waals surface area contributed by atoms with Crippen LogP contribution in [0.15, 0.2) is 0 Å². The van der Waals surface area contributed by atoms with Crippen molar-refractivity contribution in [2.75, 3.05) is 19.6 Å². The van der Waals surface area contributed by atoms with Crippen molar-refractivity contribution in [3.05, 3.63) is 0 Å². The molecule has 3 N–H and O–H groups in total. The SMILES string of the molecule is CCC1CCN(C(CN)C(=O)O)C1. The zero-order chi connectivity index (χ0) is 9.84. The molecule has 0 saturated carbocycles. The smallest absolute Gasteiger partial charge is 0.322 e. The third-order valence-electron chi connectivity index (χ3n) is 2.84. The van der Waals surface area contributed by atoms with Crippen LogP contribution in [-0.2, 0) is 4.79 Å². The van der Waals surface area contributed by atoms with E-state index in [1.54, 1.807) is 0 Å². The zero-order valence-corrected chi connectivity index (χ0v) is 8.07. The van der Waals surface area contributed by atoms with Crippen LogP contribution in [-0.4, -0.2) is 41.7 Å². The highest BCUT2D eigenvalue weighted by molar-refractivity contribution is 5.73. The van der Waals surface area contributed by atoms with Gasteiger partial charge in [-0.15, -0.1) is 0 Å². The first-order valence-corrected chi connectivity index (χ1v) is 4.86. The molecule has 1 aliphatic heterocycles. The van der Waals surface area contributed by atoms with Crippen molar-refractivity contribution in [2.45, 2.75) is 25.8 Å². The third-order valence-corrected chi connectivity index (χ3v) is 2.84. The van der Waals surface area contributed by atoms with Crippen LogP contribution in [0.5, 0.6) is 0 Å². The molecule has 76 valence electrons. The minimum absolute atomic E-state index is 0.214. The van der Waals surface area contributed by atoms with Crippen molar-refractivity contribution in [3.8, 4) is 0 Å². The van der Waals surface area contributed by atoms with Crippen molar-refractivity contribution in [2.24, 2.45) is 11.7 Å². The van der Waals surface area contributed by atoms with E-state index in [-0.39, 0.29) is 6.54 Å². The number of hydrogen-bond donors (Lipinski definition) is 2. The Labute approximate surface area is 78.7 Å². The van der Waals surface area contributed by atoms with Crippen molar-refractivity contribution >= 4 is 5.97 Å². The van der Waals surface area contributed by atoms with Crippen molar-refractivity contribution in [1.82, 2.24) is 4.90 Å². The Morgan fingerprint density at radius 2 is 2.46 bits per heavy atom. The number of aliphatic carboxylic acids is 1. The van der Waals surface area contributed by atoms with E-state index in [4.69, 9.17) is 10.8 Å². The molecule has 0 bridgehead atoms. The molecule has 1 saturated heterocycles. The monoisotopic (exact) mass is 186 g/mol. The van der Waals surface area contributed by atoms with Crippen LogP contribution in [0.3, 0.4) is 0 Å². The van der Waals surface area contributed by atoms with E-state index < -0.39 is 12.0 Å². The molecule has 0 amide bonds. The van der Waals surface area contributed by atoms with Crippen LogP contribution in [0.25, 0.3) is 0 Å². The van der Waals surface area contributed by atoms with Gasteiger partial charge in [-0.2, -0.15) is 0 Å². The van der Waals surface area contributed by atoms with Gasteiger partial charge in [0.25, 0.3) is 0 Å². The fourth-order valence-corrected chi connectivity index (χ4v) is 1.88. The highest BCUT2D eigenvalue weighted by atomic mass is 16.4. The fourth-order valence-electron chi connectivity index (χ4n) is 1.88. The number of carboxylic acid groups (broad SMARTS) is 1. The number of likely N-dealkylation sites (tertiary alicyclic amines) is 1. The summed E-state index contributed by atoms with van der Waals surface area (Å²) >= 11 is 0. The highest BCUT2D eigenvalue weighted by Crippen LogP contribution is 2.20. The maximum absolute atomic E-state index is 10.8. The normalized spacial score (nSPS) is 26.2. The van der Waals surface area contributed by atoms with Crippen LogP contribution in [0.1, 0.15) is 19.8 Å². The first-order chi connectivity index (χ1) is 6.19. The third kappa shape index (κ3) is 2.42. The van der Waals surface area contributed by atoms with Crippen LogP contribution in [0.4, 0.5) is 0 Å². The minimum Gasteiger partial charge on any atom is -0.480 e. The molecule has 0 aliphatic carbocycles. The molecule has 4 heteroatoms. The largest absolute Gasteiger partial charge is 0.480 e.